The topological polar surface area (TPSA) is 90.0 Å². The van der Waals surface area contributed by atoms with Gasteiger partial charge in [-0.25, -0.2) is 4.98 Å². The molecule has 1 aliphatic rings. The van der Waals surface area contributed by atoms with Gasteiger partial charge in [0.05, 0.1) is 37.1 Å². The molecule has 0 unspecified atom stereocenters. The van der Waals surface area contributed by atoms with Crippen molar-refractivity contribution in [1.29, 1.82) is 0 Å². The highest BCUT2D eigenvalue weighted by Gasteiger charge is 2.40. The van der Waals surface area contributed by atoms with Gasteiger partial charge in [-0.3, -0.25) is 9.59 Å². The molecule has 0 atom stereocenters. The summed E-state index contributed by atoms with van der Waals surface area (Å²) in [5.41, 5.74) is 1.59. The Balaban J connectivity index is 1.80. The average Bonchev–Trinajstić information content (AvgIpc) is 2.99. The largest absolute Gasteiger partial charge is 0.496 e. The third kappa shape index (κ3) is 7.17. The van der Waals surface area contributed by atoms with E-state index in [2.05, 4.69) is 10.2 Å². The maximum atomic E-state index is 13.6. The predicted octanol–water partition coefficient (Wildman–Crippen LogP) is 6.61. The van der Waals surface area contributed by atoms with Crippen LogP contribution < -0.4 is 19.5 Å². The van der Waals surface area contributed by atoms with Gasteiger partial charge < -0.3 is 24.4 Å². The lowest BCUT2D eigenvalue weighted by molar-refractivity contribution is -0.118. The molecule has 0 bridgehead atoms. The van der Waals surface area contributed by atoms with Crippen molar-refractivity contribution in [1.82, 2.24) is 15.2 Å². The van der Waals surface area contributed by atoms with Crippen LogP contribution in [0.15, 0.2) is 48.5 Å². The summed E-state index contributed by atoms with van der Waals surface area (Å²) in [6.07, 6.45) is 4.44. The molecule has 2 aromatic carbocycles. The second-order valence-electron chi connectivity index (χ2n) is 10.7. The van der Waals surface area contributed by atoms with Crippen molar-refractivity contribution in [2.24, 2.45) is 0 Å². The Bertz CT molecular complexity index is 1400. The number of methoxy groups -OCH3 is 2. The van der Waals surface area contributed by atoms with Crippen LogP contribution in [0.1, 0.15) is 49.0 Å². The SMILES string of the molecule is COc1cccc(OC)c1-c1ccc(C(=O)NC2(C(=O)Cl)CCCCC2)nc1-c1ccc(Cl)c(OCCCN(C)C)c1. The zero-order valence-corrected chi connectivity index (χ0v) is 26.0. The molecule has 1 heterocycles. The Hall–Kier alpha value is -3.33. The fourth-order valence-corrected chi connectivity index (χ4v) is 5.66. The van der Waals surface area contributed by atoms with Gasteiger partial charge >= 0.3 is 0 Å². The number of carbonyl (C=O) groups excluding carboxylic acids is 2. The molecule has 1 N–H and O–H groups in total. The van der Waals surface area contributed by atoms with Gasteiger partial charge in [-0.05, 0) is 81.4 Å². The Morgan fingerprint density at radius 3 is 2.29 bits per heavy atom. The highest BCUT2D eigenvalue weighted by atomic mass is 35.5. The molecule has 1 fully saturated rings. The molecule has 8 nitrogen and oxygen atoms in total. The smallest absolute Gasteiger partial charge is 0.270 e. The summed E-state index contributed by atoms with van der Waals surface area (Å²) in [6, 6.07) is 14.3. The molecular weight excluding hydrogens is 577 g/mol. The van der Waals surface area contributed by atoms with Crippen LogP contribution in [-0.2, 0) is 4.79 Å². The van der Waals surface area contributed by atoms with E-state index in [0.717, 1.165) is 32.2 Å². The lowest BCUT2D eigenvalue weighted by Crippen LogP contribution is -2.54. The van der Waals surface area contributed by atoms with E-state index >= 15 is 0 Å². The van der Waals surface area contributed by atoms with Crippen LogP contribution >= 0.6 is 23.2 Å². The third-order valence-electron chi connectivity index (χ3n) is 7.47. The summed E-state index contributed by atoms with van der Waals surface area (Å²) in [7, 11) is 7.19. The Morgan fingerprint density at radius 2 is 1.67 bits per heavy atom. The van der Waals surface area contributed by atoms with Crippen molar-refractivity contribution in [2.75, 3.05) is 41.5 Å². The summed E-state index contributed by atoms with van der Waals surface area (Å²) in [5, 5.41) is 2.82. The van der Waals surface area contributed by atoms with Crippen LogP contribution in [0.5, 0.6) is 17.2 Å². The number of amides is 1. The number of ether oxygens (including phenoxy) is 3. The lowest BCUT2D eigenvalue weighted by atomic mass is 9.82. The van der Waals surface area contributed by atoms with Gasteiger partial charge in [-0.15, -0.1) is 0 Å². The molecule has 224 valence electrons. The number of pyridine rings is 1. The van der Waals surface area contributed by atoms with Gasteiger partial charge in [0.15, 0.2) is 0 Å². The fraction of sp³-hybridized carbons (Fsp3) is 0.406. The number of hydrogen-bond donors (Lipinski definition) is 1. The lowest BCUT2D eigenvalue weighted by Gasteiger charge is -2.34. The zero-order valence-electron chi connectivity index (χ0n) is 24.5. The molecule has 3 aromatic rings. The highest BCUT2D eigenvalue weighted by Crippen LogP contribution is 2.43. The van der Waals surface area contributed by atoms with Crippen LogP contribution in [0, 0.1) is 0 Å². The second-order valence-corrected chi connectivity index (χ2v) is 11.4. The maximum absolute atomic E-state index is 13.6. The first-order chi connectivity index (χ1) is 20.2. The predicted molar refractivity (Wildman–Crippen MR) is 166 cm³/mol. The number of carbonyl (C=O) groups is 2. The maximum Gasteiger partial charge on any atom is 0.270 e. The number of halogens is 2. The summed E-state index contributed by atoms with van der Waals surface area (Å²) in [6.45, 7) is 1.36. The number of rotatable bonds is 12. The zero-order chi connectivity index (χ0) is 30.3. The van der Waals surface area contributed by atoms with E-state index in [9.17, 15) is 9.59 Å². The summed E-state index contributed by atoms with van der Waals surface area (Å²) in [5.74, 6) is 1.20. The molecule has 10 heteroatoms. The van der Waals surface area contributed by atoms with Crippen LogP contribution in [0.3, 0.4) is 0 Å². The molecule has 4 rings (SSSR count). The standard InChI is InChI=1S/C32H37Cl2N3O5/c1-37(2)18-9-19-42-27-20-21(12-14-23(27)33)29-22(28-25(40-3)10-8-11-26(28)41-4)13-15-24(35-29)30(38)36-32(31(34)39)16-6-5-7-17-32/h8,10-15,20H,5-7,9,16-19H2,1-4H3,(H,36,38). The van der Waals surface area contributed by atoms with Crippen LogP contribution in [0.25, 0.3) is 22.4 Å². The van der Waals surface area contributed by atoms with Gasteiger partial charge in [-0.1, -0.05) is 43.0 Å². The monoisotopic (exact) mass is 613 g/mol. The van der Waals surface area contributed by atoms with Crippen molar-refractivity contribution in [3.8, 4) is 39.6 Å². The van der Waals surface area contributed by atoms with Gasteiger partial charge in [0, 0.05) is 17.7 Å². The van der Waals surface area contributed by atoms with Crippen molar-refractivity contribution in [2.45, 2.75) is 44.1 Å². The number of nitrogens with one attached hydrogen (secondary N) is 1. The van der Waals surface area contributed by atoms with Crippen LogP contribution in [-0.4, -0.2) is 68.0 Å². The number of nitrogens with zero attached hydrogens (tertiary/aromatic N) is 2. The molecule has 0 aliphatic heterocycles. The molecule has 1 aromatic heterocycles. The molecule has 0 radical (unpaired) electrons. The quantitative estimate of drug-likeness (QED) is 0.181. The minimum Gasteiger partial charge on any atom is -0.496 e. The van der Waals surface area contributed by atoms with E-state index < -0.39 is 16.7 Å². The van der Waals surface area contributed by atoms with E-state index in [-0.39, 0.29) is 5.69 Å². The third-order valence-corrected chi connectivity index (χ3v) is 8.15. The van der Waals surface area contributed by atoms with Gasteiger partial charge in [0.25, 0.3) is 5.91 Å². The first-order valence-electron chi connectivity index (χ1n) is 14.0. The van der Waals surface area contributed by atoms with Crippen molar-refractivity contribution >= 4 is 34.4 Å². The first kappa shape index (κ1) is 31.6. The summed E-state index contributed by atoms with van der Waals surface area (Å²) < 4.78 is 17.4. The van der Waals surface area contributed by atoms with Crippen LogP contribution in [0.2, 0.25) is 5.02 Å². The second kappa shape index (κ2) is 14.2. The van der Waals surface area contributed by atoms with Gasteiger partial charge in [-0.2, -0.15) is 0 Å². The summed E-state index contributed by atoms with van der Waals surface area (Å²) >= 11 is 12.5. The normalized spacial score (nSPS) is 14.4. The fourth-order valence-electron chi connectivity index (χ4n) is 5.26. The molecular formula is C32H37Cl2N3O5. The van der Waals surface area contributed by atoms with Crippen molar-refractivity contribution in [3.63, 3.8) is 0 Å². The summed E-state index contributed by atoms with van der Waals surface area (Å²) in [4.78, 5) is 32.9. The van der Waals surface area contributed by atoms with Crippen molar-refractivity contribution < 1.29 is 23.8 Å². The Labute approximate surface area is 257 Å². The minimum atomic E-state index is -1.10. The molecule has 1 aliphatic carbocycles. The van der Waals surface area contributed by atoms with E-state index in [0.29, 0.717) is 64.1 Å². The van der Waals surface area contributed by atoms with Crippen molar-refractivity contribution in [3.05, 3.63) is 59.2 Å². The van der Waals surface area contributed by atoms with Gasteiger partial charge in [0.2, 0.25) is 5.24 Å². The Kier molecular flexibility index (Phi) is 10.7. The van der Waals surface area contributed by atoms with Crippen LogP contribution in [0.4, 0.5) is 0 Å². The average molecular weight is 615 g/mol. The first-order valence-corrected chi connectivity index (χ1v) is 14.8. The highest BCUT2D eigenvalue weighted by molar-refractivity contribution is 6.65. The van der Waals surface area contributed by atoms with Gasteiger partial charge in [0.1, 0.15) is 28.5 Å². The van der Waals surface area contributed by atoms with E-state index in [1.807, 2.05) is 44.4 Å². The molecule has 0 spiro atoms. The minimum absolute atomic E-state index is 0.147. The molecule has 0 saturated heterocycles. The number of hydrogen-bond acceptors (Lipinski definition) is 7. The number of aromatic nitrogens is 1. The van der Waals surface area contributed by atoms with E-state index in [1.54, 1.807) is 32.4 Å². The van der Waals surface area contributed by atoms with E-state index in [4.69, 9.17) is 42.4 Å². The Morgan fingerprint density at radius 1 is 0.976 bits per heavy atom. The molecule has 42 heavy (non-hydrogen) atoms. The number of benzene rings is 2. The molecule has 1 amide bonds. The van der Waals surface area contributed by atoms with E-state index in [1.165, 1.54) is 0 Å². The molecule has 1 saturated carbocycles.